The molecule has 70 heavy (non-hydrogen) atoms. The molecule has 1 heterocycles. The van der Waals surface area contributed by atoms with Crippen molar-refractivity contribution in [3.63, 3.8) is 0 Å². The second kappa shape index (κ2) is 26.1. The van der Waals surface area contributed by atoms with E-state index in [1.807, 2.05) is 72.8 Å². The topological polar surface area (TPSA) is 250 Å². The number of alkyl halides is 1. The van der Waals surface area contributed by atoms with Crippen molar-refractivity contribution in [2.45, 2.75) is 101 Å². The summed E-state index contributed by atoms with van der Waals surface area (Å²) in [6.07, 6.45) is 5.12. The van der Waals surface area contributed by atoms with E-state index in [9.17, 15) is 43.1 Å². The second-order valence-corrected chi connectivity index (χ2v) is 18.1. The molecular formula is C53H65FN8O8. The summed E-state index contributed by atoms with van der Waals surface area (Å²) in [5, 5.41) is 34.0. The van der Waals surface area contributed by atoms with Gasteiger partial charge in [0.25, 0.3) is 5.91 Å². The van der Waals surface area contributed by atoms with E-state index in [2.05, 4.69) is 43.3 Å². The molecule has 1 fully saturated rings. The van der Waals surface area contributed by atoms with Gasteiger partial charge in [0.1, 0.15) is 30.2 Å². The number of hydrogen-bond donors (Lipinski definition) is 9. The molecule has 16 nitrogen and oxygen atoms in total. The second-order valence-electron chi connectivity index (χ2n) is 18.1. The molecule has 7 amide bonds. The number of hydrogen-bond acceptors (Lipinski definition) is 9. The van der Waals surface area contributed by atoms with Gasteiger partial charge in [-0.2, -0.15) is 0 Å². The first-order valence-corrected chi connectivity index (χ1v) is 24.1. The van der Waals surface area contributed by atoms with Crippen LogP contribution >= 0.6 is 0 Å². The molecule has 17 heteroatoms. The highest BCUT2D eigenvalue weighted by molar-refractivity contribution is 5.97. The maximum atomic E-state index is 14.6. The lowest BCUT2D eigenvalue weighted by Gasteiger charge is -2.29. The third-order valence-electron chi connectivity index (χ3n) is 12.8. The molecule has 0 radical (unpaired) electrons. The number of amides is 7. The summed E-state index contributed by atoms with van der Waals surface area (Å²) >= 11 is 0. The van der Waals surface area contributed by atoms with E-state index in [0.717, 1.165) is 33.7 Å². The largest absolute Gasteiger partial charge is 0.394 e. The lowest BCUT2D eigenvalue weighted by Crippen LogP contribution is -2.60. The van der Waals surface area contributed by atoms with Gasteiger partial charge in [0.15, 0.2) is 6.17 Å². The lowest BCUT2D eigenvalue weighted by atomic mass is 9.90. The predicted octanol–water partition coefficient (Wildman–Crippen LogP) is 0.842. The van der Waals surface area contributed by atoms with Gasteiger partial charge in [-0.15, -0.1) is 0 Å². The van der Waals surface area contributed by atoms with Gasteiger partial charge in [0.2, 0.25) is 35.4 Å². The zero-order chi connectivity index (χ0) is 50.0. The SMILES string of the molecule is CC(F)C(=O)NCCCC[C@H](NC(=O)[C@H](Cc1ccccc1)NC(=O)[C@H](CO)NC(=O)C(CC1C=c2ccccc2=CC1)NC(=O)[C@@H](Cc1ccc2ccccc2c1)NC(=O)C1CCNCC1)C(N)=O. The van der Waals surface area contributed by atoms with Crippen molar-refractivity contribution in [1.82, 2.24) is 37.2 Å². The third-order valence-corrected chi connectivity index (χ3v) is 12.8. The van der Waals surface area contributed by atoms with Gasteiger partial charge in [-0.3, -0.25) is 33.6 Å². The van der Waals surface area contributed by atoms with E-state index in [1.54, 1.807) is 30.3 Å². The minimum Gasteiger partial charge on any atom is -0.394 e. The van der Waals surface area contributed by atoms with Gasteiger partial charge in [-0.25, -0.2) is 4.39 Å². The minimum atomic E-state index is -1.68. The number of unbranched alkanes of at least 4 members (excludes halogenated alkanes) is 1. The van der Waals surface area contributed by atoms with Crippen molar-refractivity contribution in [1.29, 1.82) is 0 Å². The third kappa shape index (κ3) is 15.5. The van der Waals surface area contributed by atoms with Crippen molar-refractivity contribution in [2.75, 3.05) is 26.2 Å². The molecule has 2 aliphatic rings. The molecule has 6 rings (SSSR count). The van der Waals surface area contributed by atoms with E-state index in [1.165, 1.54) is 0 Å². The Morgan fingerprint density at radius 1 is 0.657 bits per heavy atom. The number of nitrogens with two attached hydrogens (primary N) is 1. The minimum absolute atomic E-state index is 0.0424. The van der Waals surface area contributed by atoms with E-state index in [-0.39, 0.29) is 50.0 Å². The molecule has 0 saturated carbocycles. The first-order valence-electron chi connectivity index (χ1n) is 24.1. The molecule has 1 saturated heterocycles. The number of halogens is 1. The van der Waals surface area contributed by atoms with E-state index in [4.69, 9.17) is 5.73 Å². The van der Waals surface area contributed by atoms with Gasteiger partial charge < -0.3 is 48.1 Å². The Hall–Kier alpha value is -6.98. The average molecular weight is 961 g/mol. The van der Waals surface area contributed by atoms with E-state index in [0.29, 0.717) is 50.8 Å². The summed E-state index contributed by atoms with van der Waals surface area (Å²) in [5.41, 5.74) is 7.10. The fraction of sp³-hybridized carbons (Fsp3) is 0.415. The highest BCUT2D eigenvalue weighted by atomic mass is 19.1. The molecule has 10 N–H and O–H groups in total. The van der Waals surface area contributed by atoms with Crippen LogP contribution in [-0.2, 0) is 46.4 Å². The fourth-order valence-corrected chi connectivity index (χ4v) is 8.79. The predicted molar refractivity (Wildman–Crippen MR) is 264 cm³/mol. The Kier molecular flexibility index (Phi) is 19.6. The fourth-order valence-electron chi connectivity index (χ4n) is 8.79. The van der Waals surface area contributed by atoms with Gasteiger partial charge >= 0.3 is 0 Å². The summed E-state index contributed by atoms with van der Waals surface area (Å²) < 4.78 is 13.2. The number of carbonyl (C=O) groups excluding carboxylic acids is 7. The Labute approximate surface area is 406 Å². The molecule has 1 aliphatic carbocycles. The summed E-state index contributed by atoms with van der Waals surface area (Å²) in [7, 11) is 0. The number of nitrogens with one attached hydrogen (secondary N) is 7. The molecule has 372 valence electrons. The molecule has 7 atom stereocenters. The standard InChI is InChI=1S/C53H65FN8O8/c1-33(54)48(65)57-24-10-9-17-42(47(55)64)58-50(67)43(29-34-11-3-2-4-12-34)61-53(70)46(32-63)62-52(69)45(31-36-19-21-38-14-6-8-16-41(38)28-36)60-51(68)44(59-49(66)39-22-25-56-26-23-39)30-35-18-20-37-13-5-7-15-40(37)27-35/h2-8,11-16,18,20-21,27-28,33,36,39,42-46,56,63H,9-10,17,19,22-26,29-32H2,1H3,(H2,55,64)(H,57,65)(H,58,67)(H,59,66)(H,60,68)(H,61,70)(H,62,69)/t33?,36?,42-,43-,44+,45?,46-/m0/s1. The van der Waals surface area contributed by atoms with Crippen molar-refractivity contribution in [2.24, 2.45) is 17.6 Å². The Balaban J connectivity index is 1.20. The number of carbonyl (C=O) groups is 7. The molecule has 0 bridgehead atoms. The summed E-state index contributed by atoms with van der Waals surface area (Å²) in [6.45, 7) is 1.71. The zero-order valence-electron chi connectivity index (χ0n) is 39.5. The van der Waals surface area contributed by atoms with Crippen LogP contribution in [0.5, 0.6) is 0 Å². The monoisotopic (exact) mass is 960 g/mol. The number of aliphatic hydroxyl groups is 1. The Morgan fingerprint density at radius 3 is 1.94 bits per heavy atom. The van der Waals surface area contributed by atoms with Crippen LogP contribution in [0.3, 0.4) is 0 Å². The number of fused-ring (bicyclic) bond motifs is 2. The van der Waals surface area contributed by atoms with Crippen molar-refractivity contribution in [3.05, 3.63) is 119 Å². The normalized spacial score (nSPS) is 17.0. The van der Waals surface area contributed by atoms with Gasteiger partial charge in [-0.1, -0.05) is 109 Å². The zero-order valence-corrected chi connectivity index (χ0v) is 39.5. The molecule has 0 aromatic heterocycles. The molecule has 1 aliphatic heterocycles. The van der Waals surface area contributed by atoms with Crippen LogP contribution in [0.25, 0.3) is 22.9 Å². The van der Waals surface area contributed by atoms with Crippen LogP contribution in [0.2, 0.25) is 0 Å². The maximum absolute atomic E-state index is 14.6. The number of benzene rings is 4. The van der Waals surface area contributed by atoms with Crippen molar-refractivity contribution in [3.8, 4) is 0 Å². The van der Waals surface area contributed by atoms with Crippen LogP contribution in [0.1, 0.15) is 63.0 Å². The quantitative estimate of drug-likeness (QED) is 0.0451. The first kappa shape index (κ1) is 52.4. The highest BCUT2D eigenvalue weighted by Crippen LogP contribution is 2.20. The Bertz CT molecular complexity index is 2590. The van der Waals surface area contributed by atoms with Crippen LogP contribution in [0, 0.1) is 11.8 Å². The highest BCUT2D eigenvalue weighted by Gasteiger charge is 2.34. The van der Waals surface area contributed by atoms with Crippen molar-refractivity contribution < 1.29 is 43.1 Å². The molecule has 4 aromatic rings. The molecule has 3 unspecified atom stereocenters. The van der Waals surface area contributed by atoms with Crippen molar-refractivity contribution >= 4 is 64.3 Å². The molecule has 4 aromatic carbocycles. The van der Waals surface area contributed by atoms with Gasteiger partial charge in [0, 0.05) is 25.3 Å². The number of primary amides is 1. The smallest absolute Gasteiger partial charge is 0.254 e. The van der Waals surface area contributed by atoms with Crippen LogP contribution in [0.15, 0.2) is 97.1 Å². The lowest BCUT2D eigenvalue weighted by molar-refractivity contribution is -0.136. The van der Waals surface area contributed by atoms with Crippen LogP contribution in [0.4, 0.5) is 4.39 Å². The summed E-state index contributed by atoms with van der Waals surface area (Å²) in [6, 6.07) is 23.8. The summed E-state index contributed by atoms with van der Waals surface area (Å²) in [4.78, 5) is 94.9. The van der Waals surface area contributed by atoms with Gasteiger partial charge in [-0.05, 0) is 103 Å². The number of rotatable bonds is 24. The summed E-state index contributed by atoms with van der Waals surface area (Å²) in [5.74, 6) is -5.47. The van der Waals surface area contributed by atoms with Crippen LogP contribution < -0.4 is 53.4 Å². The molecule has 0 spiro atoms. The average Bonchev–Trinajstić information content (AvgIpc) is 3.36. The van der Waals surface area contributed by atoms with Crippen LogP contribution in [-0.4, -0.2) is 109 Å². The van der Waals surface area contributed by atoms with Gasteiger partial charge in [0.05, 0.1) is 6.61 Å². The number of aliphatic hydroxyl groups excluding tert-OH is 1. The van der Waals surface area contributed by atoms with E-state index >= 15 is 0 Å². The number of piperidine rings is 1. The maximum Gasteiger partial charge on any atom is 0.254 e. The Morgan fingerprint density at radius 2 is 1.24 bits per heavy atom. The first-order chi connectivity index (χ1) is 33.8. The van der Waals surface area contributed by atoms with E-state index < -0.39 is 78.4 Å². The molecular weight excluding hydrogens is 896 g/mol.